The van der Waals surface area contributed by atoms with Crippen LogP contribution in [0.15, 0.2) is 24.3 Å². The van der Waals surface area contributed by atoms with Gasteiger partial charge in [0.2, 0.25) is 0 Å². The summed E-state index contributed by atoms with van der Waals surface area (Å²) in [4.78, 5) is 2.44. The van der Waals surface area contributed by atoms with Crippen LogP contribution in [0.2, 0.25) is 5.02 Å². The zero-order valence-electron chi connectivity index (χ0n) is 13.1. The second-order valence-electron chi connectivity index (χ2n) is 6.26. The average Bonchev–Trinajstić information content (AvgIpc) is 2.45. The fourth-order valence-corrected chi connectivity index (χ4v) is 3.21. The first kappa shape index (κ1) is 16.8. The lowest BCUT2D eigenvalue weighted by molar-refractivity contribution is -0.00595. The van der Waals surface area contributed by atoms with Crippen molar-refractivity contribution in [3.8, 4) is 0 Å². The van der Waals surface area contributed by atoms with E-state index < -0.39 is 5.60 Å². The van der Waals surface area contributed by atoms with E-state index in [9.17, 15) is 5.11 Å². The zero-order chi connectivity index (χ0) is 15.3. The number of hydrogen-bond acceptors (Lipinski definition) is 3. The SMILES string of the molecule is CCNC(CCN1CCC(C)(O)CC1)c1ccccc1Cl. The quantitative estimate of drug-likeness (QED) is 0.847. The lowest BCUT2D eigenvalue weighted by atomic mass is 9.93. The van der Waals surface area contributed by atoms with Crippen LogP contribution in [0.4, 0.5) is 0 Å². The monoisotopic (exact) mass is 310 g/mol. The maximum absolute atomic E-state index is 10.0. The Morgan fingerprint density at radius 1 is 1.33 bits per heavy atom. The van der Waals surface area contributed by atoms with Crippen molar-refractivity contribution in [1.29, 1.82) is 0 Å². The highest BCUT2D eigenvalue weighted by Gasteiger charge is 2.27. The molecule has 1 aliphatic rings. The first-order valence-electron chi connectivity index (χ1n) is 7.94. The zero-order valence-corrected chi connectivity index (χ0v) is 13.9. The number of nitrogens with zero attached hydrogens (tertiary/aromatic N) is 1. The summed E-state index contributed by atoms with van der Waals surface area (Å²) < 4.78 is 0. The van der Waals surface area contributed by atoms with E-state index >= 15 is 0 Å². The van der Waals surface area contributed by atoms with E-state index in [1.54, 1.807) is 0 Å². The minimum Gasteiger partial charge on any atom is -0.390 e. The molecule has 1 saturated heterocycles. The molecule has 1 unspecified atom stereocenters. The van der Waals surface area contributed by atoms with Gasteiger partial charge in [0.15, 0.2) is 0 Å². The van der Waals surface area contributed by atoms with E-state index in [-0.39, 0.29) is 0 Å². The van der Waals surface area contributed by atoms with Crippen molar-refractivity contribution in [3.05, 3.63) is 34.9 Å². The van der Waals surface area contributed by atoms with Crippen molar-refractivity contribution in [2.45, 2.75) is 44.8 Å². The number of hydrogen-bond donors (Lipinski definition) is 2. The molecule has 4 heteroatoms. The molecule has 2 N–H and O–H groups in total. The number of piperidine rings is 1. The largest absolute Gasteiger partial charge is 0.390 e. The molecule has 0 amide bonds. The number of benzene rings is 1. The van der Waals surface area contributed by atoms with Gasteiger partial charge in [-0.2, -0.15) is 0 Å². The highest BCUT2D eigenvalue weighted by atomic mass is 35.5. The van der Waals surface area contributed by atoms with Crippen molar-refractivity contribution < 1.29 is 5.11 Å². The smallest absolute Gasteiger partial charge is 0.0644 e. The Morgan fingerprint density at radius 3 is 2.62 bits per heavy atom. The number of rotatable bonds is 6. The third kappa shape index (κ3) is 4.96. The Bertz CT molecular complexity index is 440. The fourth-order valence-electron chi connectivity index (χ4n) is 2.94. The second-order valence-corrected chi connectivity index (χ2v) is 6.67. The molecule has 0 aliphatic carbocycles. The fraction of sp³-hybridized carbons (Fsp3) is 0.647. The molecule has 21 heavy (non-hydrogen) atoms. The molecule has 1 atom stereocenters. The molecule has 0 spiro atoms. The second kappa shape index (κ2) is 7.59. The molecule has 118 valence electrons. The molecular formula is C17H27ClN2O. The van der Waals surface area contributed by atoms with Gasteiger partial charge < -0.3 is 15.3 Å². The molecule has 1 aliphatic heterocycles. The minimum atomic E-state index is -0.472. The number of likely N-dealkylation sites (tertiary alicyclic amines) is 1. The van der Waals surface area contributed by atoms with Gasteiger partial charge in [0.05, 0.1) is 5.60 Å². The standard InChI is InChI=1S/C17H27ClN2O/c1-3-19-16(14-6-4-5-7-15(14)18)8-11-20-12-9-17(2,21)10-13-20/h4-7,16,19,21H,3,8-13H2,1-2H3. The molecule has 0 bridgehead atoms. The average molecular weight is 311 g/mol. The summed E-state index contributed by atoms with van der Waals surface area (Å²) in [5.74, 6) is 0. The molecule has 3 nitrogen and oxygen atoms in total. The van der Waals surface area contributed by atoms with E-state index in [0.717, 1.165) is 50.5 Å². The topological polar surface area (TPSA) is 35.5 Å². The van der Waals surface area contributed by atoms with Crippen LogP contribution in [0.25, 0.3) is 0 Å². The molecule has 1 aromatic rings. The maximum atomic E-state index is 10.0. The van der Waals surface area contributed by atoms with Crippen molar-refractivity contribution in [2.24, 2.45) is 0 Å². The third-order valence-corrected chi connectivity index (χ3v) is 4.74. The van der Waals surface area contributed by atoms with Gasteiger partial charge in [0, 0.05) is 24.2 Å². The Labute approximate surface area is 133 Å². The van der Waals surface area contributed by atoms with E-state index in [2.05, 4.69) is 23.2 Å². The van der Waals surface area contributed by atoms with Gasteiger partial charge in [-0.05, 0) is 50.9 Å². The predicted octanol–water partition coefficient (Wildman–Crippen LogP) is 3.23. The molecular weight excluding hydrogens is 284 g/mol. The van der Waals surface area contributed by atoms with Gasteiger partial charge >= 0.3 is 0 Å². The number of halogens is 1. The summed E-state index contributed by atoms with van der Waals surface area (Å²) in [6.45, 7) is 8.00. The van der Waals surface area contributed by atoms with Crippen LogP contribution < -0.4 is 5.32 Å². The highest BCUT2D eigenvalue weighted by molar-refractivity contribution is 6.31. The first-order chi connectivity index (χ1) is 10.0. The lowest BCUT2D eigenvalue weighted by Gasteiger charge is -2.36. The summed E-state index contributed by atoms with van der Waals surface area (Å²) >= 11 is 6.33. The summed E-state index contributed by atoms with van der Waals surface area (Å²) in [5.41, 5.74) is 0.713. The molecule has 1 heterocycles. The Balaban J connectivity index is 1.91. The highest BCUT2D eigenvalue weighted by Crippen LogP contribution is 2.26. The number of nitrogens with one attached hydrogen (secondary N) is 1. The summed E-state index contributed by atoms with van der Waals surface area (Å²) in [7, 11) is 0. The summed E-state index contributed by atoms with van der Waals surface area (Å²) in [5, 5.41) is 14.4. The molecule has 0 aromatic heterocycles. The van der Waals surface area contributed by atoms with Crippen molar-refractivity contribution in [1.82, 2.24) is 10.2 Å². The lowest BCUT2D eigenvalue weighted by Crippen LogP contribution is -2.43. The molecule has 0 radical (unpaired) electrons. The van der Waals surface area contributed by atoms with E-state index in [1.807, 2.05) is 25.1 Å². The van der Waals surface area contributed by atoms with Crippen LogP contribution >= 0.6 is 11.6 Å². The van der Waals surface area contributed by atoms with Crippen molar-refractivity contribution in [3.63, 3.8) is 0 Å². The van der Waals surface area contributed by atoms with E-state index in [1.165, 1.54) is 5.56 Å². The van der Waals surface area contributed by atoms with Gasteiger partial charge in [-0.15, -0.1) is 0 Å². The van der Waals surface area contributed by atoms with E-state index in [0.29, 0.717) is 6.04 Å². The van der Waals surface area contributed by atoms with Gasteiger partial charge in [-0.3, -0.25) is 0 Å². The first-order valence-corrected chi connectivity index (χ1v) is 8.32. The molecule has 1 aromatic carbocycles. The Hall–Kier alpha value is -0.610. The van der Waals surface area contributed by atoms with Gasteiger partial charge in [0.1, 0.15) is 0 Å². The predicted molar refractivity (Wildman–Crippen MR) is 88.8 cm³/mol. The van der Waals surface area contributed by atoms with Crippen LogP contribution in [0.3, 0.4) is 0 Å². The van der Waals surface area contributed by atoms with Crippen molar-refractivity contribution in [2.75, 3.05) is 26.2 Å². The normalized spacial score (nSPS) is 20.4. The Kier molecular flexibility index (Phi) is 6.06. The van der Waals surface area contributed by atoms with Gasteiger partial charge in [0.25, 0.3) is 0 Å². The molecule has 0 saturated carbocycles. The van der Waals surface area contributed by atoms with Crippen LogP contribution in [-0.4, -0.2) is 41.8 Å². The summed E-state index contributed by atoms with van der Waals surface area (Å²) in [6, 6.07) is 8.38. The third-order valence-electron chi connectivity index (χ3n) is 4.40. The number of aliphatic hydroxyl groups is 1. The van der Waals surface area contributed by atoms with E-state index in [4.69, 9.17) is 11.6 Å². The Morgan fingerprint density at radius 2 is 2.00 bits per heavy atom. The maximum Gasteiger partial charge on any atom is 0.0644 e. The summed E-state index contributed by atoms with van der Waals surface area (Å²) in [6.07, 6.45) is 2.77. The van der Waals surface area contributed by atoms with Crippen molar-refractivity contribution >= 4 is 11.6 Å². The van der Waals surface area contributed by atoms with Gasteiger partial charge in [-0.1, -0.05) is 36.7 Å². The van der Waals surface area contributed by atoms with Crippen LogP contribution in [-0.2, 0) is 0 Å². The van der Waals surface area contributed by atoms with Crippen LogP contribution in [0.5, 0.6) is 0 Å². The molecule has 1 fully saturated rings. The van der Waals surface area contributed by atoms with Crippen LogP contribution in [0.1, 0.15) is 44.7 Å². The molecule has 2 rings (SSSR count). The van der Waals surface area contributed by atoms with Gasteiger partial charge in [-0.25, -0.2) is 0 Å². The van der Waals surface area contributed by atoms with Crippen LogP contribution in [0, 0.1) is 0 Å². The minimum absolute atomic E-state index is 0.297.